The number of pyridine rings is 1. The van der Waals surface area contributed by atoms with Gasteiger partial charge in [0.25, 0.3) is 0 Å². The van der Waals surface area contributed by atoms with Crippen LogP contribution in [0.3, 0.4) is 0 Å². The minimum absolute atomic E-state index is 0.933. The Labute approximate surface area is 58.3 Å². The lowest BCUT2D eigenvalue weighted by molar-refractivity contribution is 0.931. The van der Waals surface area contributed by atoms with Gasteiger partial charge in [0.2, 0.25) is 0 Å². The predicted molar refractivity (Wildman–Crippen MR) is 38.5 cm³/mol. The molecule has 0 spiro atoms. The van der Waals surface area contributed by atoms with E-state index < -0.39 is 0 Å². The number of aromatic nitrogens is 3. The molecule has 0 radical (unpaired) electrons. The van der Waals surface area contributed by atoms with Crippen LogP contribution < -0.4 is 0 Å². The normalized spacial score (nSPS) is 10.5. The number of aryl methyl sites for hydroxylation is 1. The van der Waals surface area contributed by atoms with Crippen molar-refractivity contribution in [3.05, 3.63) is 24.7 Å². The van der Waals surface area contributed by atoms with Crippen LogP contribution in [0.5, 0.6) is 0 Å². The zero-order valence-electron chi connectivity index (χ0n) is 5.65. The highest BCUT2D eigenvalue weighted by Gasteiger charge is 1.95. The van der Waals surface area contributed by atoms with Crippen LogP contribution in [-0.2, 0) is 7.05 Å². The summed E-state index contributed by atoms with van der Waals surface area (Å²) in [5.74, 6) is 0. The van der Waals surface area contributed by atoms with Gasteiger partial charge in [0.15, 0.2) is 5.65 Å². The molecule has 0 N–H and O–H groups in total. The highest BCUT2D eigenvalue weighted by Crippen LogP contribution is 2.05. The topological polar surface area (TPSA) is 30.7 Å². The van der Waals surface area contributed by atoms with Gasteiger partial charge in [0.05, 0.1) is 6.33 Å². The third-order valence-corrected chi connectivity index (χ3v) is 1.47. The van der Waals surface area contributed by atoms with Crippen LogP contribution in [0, 0.1) is 0 Å². The highest BCUT2D eigenvalue weighted by molar-refractivity contribution is 5.69. The second-order valence-electron chi connectivity index (χ2n) is 2.20. The van der Waals surface area contributed by atoms with Gasteiger partial charge >= 0.3 is 0 Å². The van der Waals surface area contributed by atoms with Crippen LogP contribution in [0.1, 0.15) is 0 Å². The van der Waals surface area contributed by atoms with Crippen LogP contribution in [0.2, 0.25) is 0 Å². The molecular formula is C7H7N3. The average Bonchev–Trinajstić information content (AvgIpc) is 2.34. The van der Waals surface area contributed by atoms with Crippen molar-refractivity contribution in [2.24, 2.45) is 7.05 Å². The molecule has 3 heteroatoms. The predicted octanol–water partition coefficient (Wildman–Crippen LogP) is 0.968. The van der Waals surface area contributed by atoms with Crippen LogP contribution in [0.25, 0.3) is 11.2 Å². The number of imidazole rings is 1. The Morgan fingerprint density at radius 2 is 2.30 bits per heavy atom. The molecule has 0 aliphatic carbocycles. The van der Waals surface area contributed by atoms with E-state index >= 15 is 0 Å². The minimum Gasteiger partial charge on any atom is -0.318 e. The Balaban J connectivity index is 2.93. The van der Waals surface area contributed by atoms with Crippen LogP contribution in [0.15, 0.2) is 24.7 Å². The van der Waals surface area contributed by atoms with Crippen molar-refractivity contribution in [3.8, 4) is 0 Å². The van der Waals surface area contributed by atoms with Gasteiger partial charge in [0, 0.05) is 13.2 Å². The summed E-state index contributed by atoms with van der Waals surface area (Å²) in [6.07, 6.45) is 3.53. The van der Waals surface area contributed by atoms with E-state index in [0.29, 0.717) is 0 Å². The summed E-state index contributed by atoms with van der Waals surface area (Å²) in [5, 5.41) is 0. The third kappa shape index (κ3) is 0.603. The molecule has 0 aliphatic heterocycles. The first-order chi connectivity index (χ1) is 4.88. The quantitative estimate of drug-likeness (QED) is 0.536. The lowest BCUT2D eigenvalue weighted by Crippen LogP contribution is -1.85. The minimum atomic E-state index is 0.933. The van der Waals surface area contributed by atoms with Gasteiger partial charge in [0.1, 0.15) is 5.52 Å². The van der Waals surface area contributed by atoms with Gasteiger partial charge in [-0.15, -0.1) is 0 Å². The zero-order valence-corrected chi connectivity index (χ0v) is 5.65. The Kier molecular flexibility index (Phi) is 0.974. The van der Waals surface area contributed by atoms with E-state index in [4.69, 9.17) is 0 Å². The molecule has 0 aromatic carbocycles. The van der Waals surface area contributed by atoms with E-state index in [0.717, 1.165) is 11.2 Å². The van der Waals surface area contributed by atoms with Crippen LogP contribution in [0.4, 0.5) is 0 Å². The molecule has 0 fully saturated rings. The maximum atomic E-state index is 4.14. The number of nitrogens with zero attached hydrogens (tertiary/aromatic N) is 3. The molecule has 2 heterocycles. The van der Waals surface area contributed by atoms with Crippen molar-refractivity contribution in [1.29, 1.82) is 0 Å². The molecule has 3 nitrogen and oxygen atoms in total. The smallest absolute Gasteiger partial charge is 0.159 e. The first-order valence-corrected chi connectivity index (χ1v) is 3.10. The van der Waals surface area contributed by atoms with Crippen molar-refractivity contribution < 1.29 is 0 Å². The fourth-order valence-corrected chi connectivity index (χ4v) is 0.964. The van der Waals surface area contributed by atoms with Crippen molar-refractivity contribution in [1.82, 2.24) is 14.5 Å². The van der Waals surface area contributed by atoms with Gasteiger partial charge in [-0.25, -0.2) is 9.97 Å². The molecule has 0 aliphatic rings. The number of rotatable bonds is 0. The third-order valence-electron chi connectivity index (χ3n) is 1.47. The first kappa shape index (κ1) is 5.41. The number of hydrogen-bond acceptors (Lipinski definition) is 2. The molecular weight excluding hydrogens is 126 g/mol. The Morgan fingerprint density at radius 1 is 1.40 bits per heavy atom. The Bertz CT molecular complexity index is 350. The molecule has 0 unspecified atom stereocenters. The second kappa shape index (κ2) is 1.80. The highest BCUT2D eigenvalue weighted by atomic mass is 15.1. The maximum Gasteiger partial charge on any atom is 0.159 e. The zero-order chi connectivity index (χ0) is 6.97. The van der Waals surface area contributed by atoms with E-state index in [-0.39, 0.29) is 0 Å². The molecule has 2 rings (SSSR count). The van der Waals surface area contributed by atoms with Gasteiger partial charge in [-0.2, -0.15) is 0 Å². The molecule has 0 saturated heterocycles. The van der Waals surface area contributed by atoms with E-state index in [9.17, 15) is 0 Å². The van der Waals surface area contributed by atoms with Gasteiger partial charge < -0.3 is 4.57 Å². The molecule has 0 bridgehead atoms. The Morgan fingerprint density at radius 3 is 3.10 bits per heavy atom. The fourth-order valence-electron chi connectivity index (χ4n) is 0.964. The number of hydrogen-bond donors (Lipinski definition) is 0. The molecule has 0 saturated carbocycles. The summed E-state index contributed by atoms with van der Waals surface area (Å²) < 4.78 is 1.90. The molecule has 50 valence electrons. The van der Waals surface area contributed by atoms with Crippen LogP contribution >= 0.6 is 0 Å². The van der Waals surface area contributed by atoms with Crippen molar-refractivity contribution >= 4 is 11.2 Å². The van der Waals surface area contributed by atoms with E-state index in [2.05, 4.69) is 9.97 Å². The summed E-state index contributed by atoms with van der Waals surface area (Å²) in [4.78, 5) is 8.26. The fraction of sp³-hybridized carbons (Fsp3) is 0.143. The standard InChI is InChI=1S/C7H7N3/c1-10-5-9-6-3-2-4-8-7(6)10/h2-5H,1H3. The lowest BCUT2D eigenvalue weighted by atomic mass is 10.4. The SMILES string of the molecule is Cn1cnc2cccnc21. The van der Waals surface area contributed by atoms with E-state index in [1.807, 2.05) is 23.7 Å². The van der Waals surface area contributed by atoms with Gasteiger partial charge in [-0.05, 0) is 12.1 Å². The lowest BCUT2D eigenvalue weighted by Gasteiger charge is -1.88. The summed E-state index contributed by atoms with van der Waals surface area (Å²) in [6.45, 7) is 0. The van der Waals surface area contributed by atoms with Crippen LogP contribution in [-0.4, -0.2) is 14.5 Å². The Hall–Kier alpha value is -1.38. The van der Waals surface area contributed by atoms with E-state index in [1.54, 1.807) is 12.5 Å². The summed E-state index contributed by atoms with van der Waals surface area (Å²) >= 11 is 0. The van der Waals surface area contributed by atoms with Gasteiger partial charge in [-0.1, -0.05) is 0 Å². The first-order valence-electron chi connectivity index (χ1n) is 3.10. The van der Waals surface area contributed by atoms with Crippen molar-refractivity contribution in [2.45, 2.75) is 0 Å². The largest absolute Gasteiger partial charge is 0.318 e. The number of fused-ring (bicyclic) bond motifs is 1. The monoisotopic (exact) mass is 133 g/mol. The van der Waals surface area contributed by atoms with Crippen molar-refractivity contribution in [2.75, 3.05) is 0 Å². The average molecular weight is 133 g/mol. The molecule has 10 heavy (non-hydrogen) atoms. The van der Waals surface area contributed by atoms with E-state index in [1.165, 1.54) is 0 Å². The maximum absolute atomic E-state index is 4.14. The van der Waals surface area contributed by atoms with Gasteiger partial charge in [-0.3, -0.25) is 0 Å². The summed E-state index contributed by atoms with van der Waals surface area (Å²) in [5.41, 5.74) is 1.88. The molecule has 2 aromatic heterocycles. The summed E-state index contributed by atoms with van der Waals surface area (Å²) in [6, 6.07) is 3.83. The summed E-state index contributed by atoms with van der Waals surface area (Å²) in [7, 11) is 1.93. The molecule has 0 atom stereocenters. The molecule has 0 amide bonds. The van der Waals surface area contributed by atoms with Crippen molar-refractivity contribution in [3.63, 3.8) is 0 Å². The second-order valence-corrected chi connectivity index (χ2v) is 2.20. The molecule has 2 aromatic rings.